The van der Waals surface area contributed by atoms with Crippen molar-refractivity contribution < 1.29 is 24.2 Å². The summed E-state index contributed by atoms with van der Waals surface area (Å²) in [7, 11) is 1.57. The Morgan fingerprint density at radius 2 is 2.05 bits per heavy atom. The number of fused-ring (bicyclic) bond motifs is 3. The first-order valence-electron chi connectivity index (χ1n) is 13.8. The molecule has 2 saturated heterocycles. The van der Waals surface area contributed by atoms with E-state index in [2.05, 4.69) is 42.5 Å². The van der Waals surface area contributed by atoms with Crippen LogP contribution in [0.15, 0.2) is 46.4 Å². The fourth-order valence-corrected chi connectivity index (χ4v) is 7.88. The van der Waals surface area contributed by atoms with E-state index in [0.717, 1.165) is 46.1 Å². The maximum absolute atomic E-state index is 13.6. The Bertz CT molecular complexity index is 1300. The lowest BCUT2D eigenvalue weighted by molar-refractivity contribution is -0.140. The van der Waals surface area contributed by atoms with Gasteiger partial charge in [-0.1, -0.05) is 43.6 Å². The number of amides is 2. The van der Waals surface area contributed by atoms with Gasteiger partial charge in [-0.25, -0.2) is 0 Å². The van der Waals surface area contributed by atoms with E-state index in [-0.39, 0.29) is 41.4 Å². The second kappa shape index (κ2) is 12.1. The Labute approximate surface area is 248 Å². The van der Waals surface area contributed by atoms with E-state index in [1.807, 2.05) is 29.6 Å². The van der Waals surface area contributed by atoms with Crippen molar-refractivity contribution in [1.82, 2.24) is 4.90 Å². The fraction of sp³-hybridized carbons (Fsp3) is 0.484. The topological polar surface area (TPSA) is 76.1 Å². The summed E-state index contributed by atoms with van der Waals surface area (Å²) < 4.78 is 12.5. The molecule has 2 fully saturated rings. The molecule has 0 spiro atoms. The number of methoxy groups -OCH3 is 1. The molecule has 0 bridgehead atoms. The number of hydrogen-bond donors (Lipinski definition) is 1. The molecule has 2 aliphatic heterocycles. The molecule has 3 heterocycles. The number of rotatable bonds is 10. The van der Waals surface area contributed by atoms with Crippen LogP contribution in [0.1, 0.15) is 62.8 Å². The number of carbonyl (C=O) groups is 2. The maximum Gasteiger partial charge on any atom is 0.234 e. The lowest BCUT2D eigenvalue weighted by atomic mass is 9.69. The molecule has 3 aliphatic rings. The third-order valence-corrected chi connectivity index (χ3v) is 10.0. The number of carbonyl (C=O) groups excluding carboxylic acids is 2. The largest absolute Gasteiger partial charge is 0.504 e. The van der Waals surface area contributed by atoms with Gasteiger partial charge in [0.2, 0.25) is 11.8 Å². The molecular weight excluding hydrogens is 625 g/mol. The quantitative estimate of drug-likeness (QED) is 0.169. The van der Waals surface area contributed by atoms with Crippen molar-refractivity contribution in [1.29, 1.82) is 0 Å². The molecule has 1 aromatic carbocycles. The average molecular weight is 662 g/mol. The second-order valence-corrected chi connectivity index (χ2v) is 12.9. The van der Waals surface area contributed by atoms with Gasteiger partial charge in [0.25, 0.3) is 0 Å². The van der Waals surface area contributed by atoms with E-state index < -0.39 is 0 Å². The molecule has 2 aromatic rings. The van der Waals surface area contributed by atoms with E-state index in [9.17, 15) is 14.7 Å². The second-order valence-electron chi connectivity index (χ2n) is 10.7. The zero-order valence-corrected chi connectivity index (χ0v) is 25.7. The highest BCUT2D eigenvalue weighted by atomic mass is 127. The van der Waals surface area contributed by atoms with Crippen LogP contribution in [0.5, 0.6) is 11.5 Å². The van der Waals surface area contributed by atoms with Gasteiger partial charge < -0.3 is 14.6 Å². The first-order chi connectivity index (χ1) is 18.9. The molecule has 6 nitrogen and oxygen atoms in total. The summed E-state index contributed by atoms with van der Waals surface area (Å²) in [6, 6.07) is 7.79. The van der Waals surface area contributed by atoms with Gasteiger partial charge in [-0.3, -0.25) is 14.5 Å². The molecule has 4 atom stereocenters. The zero-order chi connectivity index (χ0) is 27.7. The van der Waals surface area contributed by atoms with Crippen molar-refractivity contribution in [2.75, 3.05) is 13.7 Å². The number of ether oxygens (including phenoxy) is 2. The van der Waals surface area contributed by atoms with Crippen LogP contribution in [-0.2, 0) is 20.9 Å². The molecule has 8 heteroatoms. The van der Waals surface area contributed by atoms with Crippen LogP contribution in [0.3, 0.4) is 0 Å². The highest BCUT2D eigenvalue weighted by molar-refractivity contribution is 14.1. The van der Waals surface area contributed by atoms with E-state index in [4.69, 9.17) is 9.47 Å². The van der Waals surface area contributed by atoms with Gasteiger partial charge in [-0.15, -0.1) is 11.3 Å². The Hall–Kier alpha value is -2.17. The SMILES string of the molecule is CCC/C(=C\c1cc(I)c(O)c(OC)c1)CC[C@H]1OC[C@H]2C1=C(CC)C[C@H]1C(=O)N(Cc3cccs3)C(=O)[C@H]12. The van der Waals surface area contributed by atoms with Crippen LogP contribution in [0.25, 0.3) is 6.08 Å². The zero-order valence-electron chi connectivity index (χ0n) is 22.7. The fourth-order valence-electron chi connectivity index (χ4n) is 6.57. The molecule has 5 rings (SSSR count). The third kappa shape index (κ3) is 5.57. The summed E-state index contributed by atoms with van der Waals surface area (Å²) in [5.41, 5.74) is 4.93. The summed E-state index contributed by atoms with van der Waals surface area (Å²) in [5.74, 6) is 0.0401. The highest BCUT2D eigenvalue weighted by Crippen LogP contribution is 2.50. The van der Waals surface area contributed by atoms with Crippen LogP contribution < -0.4 is 4.74 Å². The van der Waals surface area contributed by atoms with Gasteiger partial charge in [0.1, 0.15) is 0 Å². The summed E-state index contributed by atoms with van der Waals surface area (Å²) in [4.78, 5) is 29.5. The number of benzene rings is 1. The number of hydrogen-bond acceptors (Lipinski definition) is 6. The van der Waals surface area contributed by atoms with Crippen molar-refractivity contribution in [3.8, 4) is 11.5 Å². The van der Waals surface area contributed by atoms with Crippen molar-refractivity contribution in [2.24, 2.45) is 17.8 Å². The average Bonchev–Trinajstić information content (AvgIpc) is 3.65. The minimum Gasteiger partial charge on any atom is -0.504 e. The summed E-state index contributed by atoms with van der Waals surface area (Å²) in [5, 5.41) is 12.2. The Balaban J connectivity index is 1.34. The predicted octanol–water partition coefficient (Wildman–Crippen LogP) is 6.96. The lowest BCUT2D eigenvalue weighted by Gasteiger charge is -2.31. The highest BCUT2D eigenvalue weighted by Gasteiger charge is 2.56. The molecular formula is C31H36INO5S. The Morgan fingerprint density at radius 3 is 2.74 bits per heavy atom. The van der Waals surface area contributed by atoms with Crippen molar-refractivity contribution in [2.45, 2.75) is 65.0 Å². The minimum absolute atomic E-state index is 0.00460. The van der Waals surface area contributed by atoms with Crippen LogP contribution in [0, 0.1) is 21.3 Å². The van der Waals surface area contributed by atoms with Crippen LogP contribution in [-0.4, -0.2) is 41.6 Å². The smallest absolute Gasteiger partial charge is 0.234 e. The number of aromatic hydroxyl groups is 1. The first-order valence-corrected chi connectivity index (χ1v) is 15.8. The van der Waals surface area contributed by atoms with Crippen LogP contribution in [0.2, 0.25) is 0 Å². The molecule has 2 amide bonds. The van der Waals surface area contributed by atoms with Gasteiger partial charge in [-0.05, 0) is 89.4 Å². The number of halogens is 1. The first kappa shape index (κ1) is 28.4. The number of thiophene rings is 1. The number of allylic oxidation sites excluding steroid dienone is 2. The van der Waals surface area contributed by atoms with Gasteiger partial charge in [0.15, 0.2) is 11.5 Å². The van der Waals surface area contributed by atoms with Gasteiger partial charge in [0.05, 0.1) is 41.8 Å². The molecule has 0 unspecified atom stereocenters. The van der Waals surface area contributed by atoms with E-state index in [1.54, 1.807) is 18.4 Å². The lowest BCUT2D eigenvalue weighted by Crippen LogP contribution is -2.34. The molecule has 208 valence electrons. The molecule has 1 N–H and O–H groups in total. The van der Waals surface area contributed by atoms with Crippen molar-refractivity contribution in [3.63, 3.8) is 0 Å². The van der Waals surface area contributed by atoms with Gasteiger partial charge in [-0.2, -0.15) is 0 Å². The van der Waals surface area contributed by atoms with Crippen molar-refractivity contribution >= 4 is 51.8 Å². The Kier molecular flexibility index (Phi) is 8.83. The molecule has 0 saturated carbocycles. The summed E-state index contributed by atoms with van der Waals surface area (Å²) in [6.45, 7) is 5.22. The molecule has 39 heavy (non-hydrogen) atoms. The summed E-state index contributed by atoms with van der Waals surface area (Å²) in [6.07, 6.45) is 7.49. The van der Waals surface area contributed by atoms with E-state index in [0.29, 0.717) is 25.3 Å². The number of imide groups is 1. The Morgan fingerprint density at radius 1 is 1.23 bits per heavy atom. The molecule has 1 aromatic heterocycles. The number of phenolic OH excluding ortho intramolecular Hbond substituents is 1. The van der Waals surface area contributed by atoms with Gasteiger partial charge in [0, 0.05) is 10.8 Å². The monoisotopic (exact) mass is 661 g/mol. The van der Waals surface area contributed by atoms with Crippen molar-refractivity contribution in [3.05, 3.63) is 60.4 Å². The number of phenols is 1. The number of nitrogens with zero attached hydrogens (tertiary/aromatic N) is 1. The number of likely N-dealkylation sites (tertiary alicyclic amines) is 1. The van der Waals surface area contributed by atoms with Gasteiger partial charge >= 0.3 is 0 Å². The normalized spacial score (nSPS) is 24.9. The van der Waals surface area contributed by atoms with Crippen LogP contribution in [0.4, 0.5) is 0 Å². The molecule has 1 aliphatic carbocycles. The van der Waals surface area contributed by atoms with Crippen LogP contribution >= 0.6 is 33.9 Å². The van der Waals surface area contributed by atoms with E-state index >= 15 is 0 Å². The van der Waals surface area contributed by atoms with E-state index in [1.165, 1.54) is 21.6 Å². The standard InChI is InChI=1S/C31H36INO5S/c1-4-7-18(12-19-13-24(32)29(34)26(14-19)37-3)9-10-25-27-20(5-2)15-22-28(23(27)17-38-25)31(36)33(30(22)35)16-21-8-6-11-39-21/h6,8,11-14,22-23,25,28,34H,4-5,7,9-10,15-17H2,1-3H3/b18-12+/t22-,23+,25-,28-/m1/s1. The maximum atomic E-state index is 13.6. The molecule has 0 radical (unpaired) electrons. The minimum atomic E-state index is -0.301. The predicted molar refractivity (Wildman–Crippen MR) is 162 cm³/mol. The third-order valence-electron chi connectivity index (χ3n) is 8.36. The summed E-state index contributed by atoms with van der Waals surface area (Å²) >= 11 is 3.71.